The van der Waals surface area contributed by atoms with Gasteiger partial charge < -0.3 is 15.6 Å². The lowest BCUT2D eigenvalue weighted by Crippen LogP contribution is -2.38. The van der Waals surface area contributed by atoms with Gasteiger partial charge in [-0.1, -0.05) is 33.6 Å². The minimum Gasteiger partial charge on any atom is -0.512 e. The van der Waals surface area contributed by atoms with Crippen molar-refractivity contribution in [3.05, 3.63) is 11.3 Å². The molecule has 0 aromatic heterocycles. The van der Waals surface area contributed by atoms with Crippen LogP contribution in [0.5, 0.6) is 0 Å². The first kappa shape index (κ1) is 18.7. The number of hydrogen-bond donors (Lipinski definition) is 2. The van der Waals surface area contributed by atoms with Crippen LogP contribution >= 0.6 is 0 Å². The van der Waals surface area contributed by atoms with Crippen molar-refractivity contribution in [1.29, 1.82) is 0 Å². The highest BCUT2D eigenvalue weighted by atomic mass is 16.5. The Morgan fingerprint density at radius 1 is 1.41 bits per heavy atom. The van der Waals surface area contributed by atoms with Gasteiger partial charge in [-0.25, -0.2) is 0 Å². The molecule has 0 heterocycles. The number of allylic oxidation sites excluding steroid dienone is 2. The monoisotopic (exact) mass is 311 g/mol. The Hall–Kier alpha value is -1.36. The average Bonchev–Trinajstić information content (AvgIpc) is 2.42. The zero-order chi connectivity index (χ0) is 16.9. The van der Waals surface area contributed by atoms with Gasteiger partial charge in [0.05, 0.1) is 18.8 Å². The molecule has 0 fully saturated rings. The van der Waals surface area contributed by atoms with Crippen LogP contribution in [0.3, 0.4) is 0 Å². The summed E-state index contributed by atoms with van der Waals surface area (Å²) in [5, 5.41) is 10.2. The van der Waals surface area contributed by atoms with Crippen LogP contribution in [0.25, 0.3) is 0 Å². The van der Waals surface area contributed by atoms with Crippen LogP contribution in [0, 0.1) is 11.3 Å². The summed E-state index contributed by atoms with van der Waals surface area (Å²) < 4.78 is 4.83. The smallest absolute Gasteiger partial charge is 0.310 e. The van der Waals surface area contributed by atoms with Crippen molar-refractivity contribution in [2.24, 2.45) is 17.1 Å². The molecule has 0 radical (unpaired) electrons. The molecule has 126 valence electrons. The van der Waals surface area contributed by atoms with E-state index in [0.717, 1.165) is 12.8 Å². The molecular weight excluding hydrogens is 282 g/mol. The van der Waals surface area contributed by atoms with Gasteiger partial charge in [-0.2, -0.15) is 0 Å². The molecule has 0 aliphatic heterocycles. The summed E-state index contributed by atoms with van der Waals surface area (Å²) in [6.45, 7) is 5.95. The predicted molar refractivity (Wildman–Crippen MR) is 85.3 cm³/mol. The number of ketones is 1. The zero-order valence-corrected chi connectivity index (χ0v) is 14.1. The summed E-state index contributed by atoms with van der Waals surface area (Å²) in [4.78, 5) is 24.3. The number of methoxy groups -OCH3 is 1. The molecule has 1 aliphatic carbocycles. The minimum absolute atomic E-state index is 0.0923. The minimum atomic E-state index is -0.584. The largest absolute Gasteiger partial charge is 0.512 e. The number of carbonyl (C=O) groups excluding carboxylic acids is 2. The quantitative estimate of drug-likeness (QED) is 0.706. The van der Waals surface area contributed by atoms with E-state index in [1.165, 1.54) is 7.11 Å². The molecule has 0 aromatic carbocycles. The van der Waals surface area contributed by atoms with Crippen LogP contribution in [-0.2, 0) is 14.3 Å². The van der Waals surface area contributed by atoms with Crippen LogP contribution in [-0.4, -0.2) is 30.0 Å². The molecule has 0 aromatic rings. The maximum absolute atomic E-state index is 12.3. The van der Waals surface area contributed by atoms with E-state index in [9.17, 15) is 14.7 Å². The van der Waals surface area contributed by atoms with E-state index < -0.39 is 11.9 Å². The third-order valence-electron chi connectivity index (χ3n) is 4.31. The van der Waals surface area contributed by atoms with E-state index in [4.69, 9.17) is 10.5 Å². The van der Waals surface area contributed by atoms with E-state index in [0.29, 0.717) is 24.8 Å². The van der Waals surface area contributed by atoms with Crippen molar-refractivity contribution in [1.82, 2.24) is 0 Å². The van der Waals surface area contributed by atoms with E-state index in [1.54, 1.807) is 0 Å². The van der Waals surface area contributed by atoms with Crippen LogP contribution < -0.4 is 5.73 Å². The molecule has 5 heteroatoms. The molecule has 0 bridgehead atoms. The maximum atomic E-state index is 12.3. The molecule has 0 saturated heterocycles. The van der Waals surface area contributed by atoms with Gasteiger partial charge in [-0.15, -0.1) is 0 Å². The number of Topliss-reactive ketones (excluding diaryl/α,β-unsaturated/α-hetero) is 1. The number of nitrogens with two attached hydrogens (primary N) is 1. The van der Waals surface area contributed by atoms with Gasteiger partial charge in [0.15, 0.2) is 5.78 Å². The molecule has 3 N–H and O–H groups in total. The van der Waals surface area contributed by atoms with Crippen molar-refractivity contribution in [3.63, 3.8) is 0 Å². The summed E-state index contributed by atoms with van der Waals surface area (Å²) in [6, 6.07) is -0.365. The SMILES string of the molecule is CCCCC(N)C(CC1=C(O)CC(C)(C)CC1=O)C(=O)OC. The van der Waals surface area contributed by atoms with Crippen molar-refractivity contribution >= 4 is 11.8 Å². The summed E-state index contributed by atoms with van der Waals surface area (Å²) in [6.07, 6.45) is 3.60. The lowest BCUT2D eigenvalue weighted by atomic mass is 9.74. The Kier molecular flexibility index (Phi) is 6.60. The topological polar surface area (TPSA) is 89.6 Å². The fourth-order valence-corrected chi connectivity index (χ4v) is 2.98. The number of ether oxygens (including phenoxy) is 1. The van der Waals surface area contributed by atoms with E-state index in [1.807, 2.05) is 13.8 Å². The Morgan fingerprint density at radius 3 is 2.55 bits per heavy atom. The number of aliphatic hydroxyl groups is 1. The average molecular weight is 311 g/mol. The third-order valence-corrected chi connectivity index (χ3v) is 4.31. The predicted octanol–water partition coefficient (Wildman–Crippen LogP) is 2.88. The third kappa shape index (κ3) is 4.83. The van der Waals surface area contributed by atoms with Crippen LogP contribution in [0.1, 0.15) is 59.3 Å². The molecular formula is C17H29NO4. The van der Waals surface area contributed by atoms with Crippen LogP contribution in [0.15, 0.2) is 11.3 Å². The Labute approximate surface area is 132 Å². The van der Waals surface area contributed by atoms with Crippen LogP contribution in [0.2, 0.25) is 0 Å². The highest BCUT2D eigenvalue weighted by molar-refractivity contribution is 5.97. The van der Waals surface area contributed by atoms with Gasteiger partial charge in [0.1, 0.15) is 0 Å². The fourth-order valence-electron chi connectivity index (χ4n) is 2.98. The van der Waals surface area contributed by atoms with Crippen LogP contribution in [0.4, 0.5) is 0 Å². The molecule has 0 saturated carbocycles. The number of carbonyl (C=O) groups is 2. The van der Waals surface area contributed by atoms with E-state index in [2.05, 4.69) is 6.92 Å². The van der Waals surface area contributed by atoms with E-state index >= 15 is 0 Å². The summed E-state index contributed by atoms with van der Waals surface area (Å²) in [5.41, 5.74) is 6.23. The van der Waals surface area contributed by atoms with Gasteiger partial charge in [0.25, 0.3) is 0 Å². The number of aliphatic hydroxyl groups excluding tert-OH is 1. The summed E-state index contributed by atoms with van der Waals surface area (Å²) in [5.74, 6) is -0.997. The van der Waals surface area contributed by atoms with Gasteiger partial charge in [0, 0.05) is 24.5 Å². The Bertz CT molecular complexity index is 454. The highest BCUT2D eigenvalue weighted by Gasteiger charge is 2.36. The second kappa shape index (κ2) is 7.77. The standard InChI is InChI=1S/C17H29NO4/c1-5-6-7-13(18)11(16(21)22-4)8-12-14(19)9-17(2,3)10-15(12)20/h11,13,19H,5-10,18H2,1-4H3. The molecule has 2 atom stereocenters. The normalized spacial score (nSPS) is 20.7. The zero-order valence-electron chi connectivity index (χ0n) is 14.1. The van der Waals surface area contributed by atoms with Gasteiger partial charge in [-0.3, -0.25) is 9.59 Å². The second-order valence-electron chi connectivity index (χ2n) is 7.01. The fraction of sp³-hybridized carbons (Fsp3) is 0.765. The number of rotatable bonds is 7. The van der Waals surface area contributed by atoms with Gasteiger partial charge in [-0.05, 0) is 18.3 Å². The first-order chi connectivity index (χ1) is 10.2. The second-order valence-corrected chi connectivity index (χ2v) is 7.01. The van der Waals surface area contributed by atoms with Gasteiger partial charge >= 0.3 is 5.97 Å². The first-order valence-corrected chi connectivity index (χ1v) is 7.99. The van der Waals surface area contributed by atoms with Crippen molar-refractivity contribution in [3.8, 4) is 0 Å². The number of unbranched alkanes of at least 4 members (excludes halogenated alkanes) is 1. The lowest BCUT2D eigenvalue weighted by molar-refractivity contribution is -0.146. The first-order valence-electron chi connectivity index (χ1n) is 7.99. The molecule has 22 heavy (non-hydrogen) atoms. The maximum Gasteiger partial charge on any atom is 0.310 e. The molecule has 1 aliphatic rings. The molecule has 0 spiro atoms. The Balaban J connectivity index is 2.94. The molecule has 2 unspecified atom stereocenters. The number of esters is 1. The molecule has 1 rings (SSSR count). The lowest BCUT2D eigenvalue weighted by Gasteiger charge is -2.31. The summed E-state index contributed by atoms with van der Waals surface area (Å²) >= 11 is 0. The Morgan fingerprint density at radius 2 is 2.05 bits per heavy atom. The van der Waals surface area contributed by atoms with E-state index in [-0.39, 0.29) is 29.4 Å². The summed E-state index contributed by atoms with van der Waals surface area (Å²) in [7, 11) is 1.32. The molecule has 5 nitrogen and oxygen atoms in total. The van der Waals surface area contributed by atoms with Gasteiger partial charge in [0.2, 0.25) is 0 Å². The molecule has 0 amide bonds. The highest BCUT2D eigenvalue weighted by Crippen LogP contribution is 2.38. The van der Waals surface area contributed by atoms with Crippen molar-refractivity contribution < 1.29 is 19.4 Å². The number of hydrogen-bond acceptors (Lipinski definition) is 5. The van der Waals surface area contributed by atoms with Crippen molar-refractivity contribution in [2.45, 2.75) is 65.3 Å². The van der Waals surface area contributed by atoms with Crippen molar-refractivity contribution in [2.75, 3.05) is 7.11 Å².